The molecular formula is C12H18O2. The summed E-state index contributed by atoms with van der Waals surface area (Å²) in [5.41, 5.74) is 3.57. The van der Waals surface area contributed by atoms with Gasteiger partial charge in [0.15, 0.2) is 0 Å². The average Bonchev–Trinajstić information content (AvgIpc) is 2.08. The molecule has 0 aromatic heterocycles. The van der Waals surface area contributed by atoms with Gasteiger partial charge in [-0.1, -0.05) is 6.07 Å². The summed E-state index contributed by atoms with van der Waals surface area (Å²) < 4.78 is 5.51. The summed E-state index contributed by atoms with van der Waals surface area (Å²) in [4.78, 5) is 0. The number of rotatable bonds is 3. The minimum Gasteiger partial charge on any atom is -0.491 e. The first-order valence-corrected chi connectivity index (χ1v) is 4.89. The van der Waals surface area contributed by atoms with Crippen molar-refractivity contribution in [1.29, 1.82) is 0 Å². The first kappa shape index (κ1) is 11.1. The average molecular weight is 194 g/mol. The van der Waals surface area contributed by atoms with Gasteiger partial charge < -0.3 is 9.84 Å². The van der Waals surface area contributed by atoms with Crippen molar-refractivity contribution >= 4 is 0 Å². The highest BCUT2D eigenvalue weighted by molar-refractivity contribution is 5.41. The predicted molar refractivity (Wildman–Crippen MR) is 57.8 cm³/mol. The van der Waals surface area contributed by atoms with Crippen LogP contribution < -0.4 is 4.74 Å². The van der Waals surface area contributed by atoms with Gasteiger partial charge in [0.05, 0.1) is 6.10 Å². The Morgan fingerprint density at radius 1 is 1.29 bits per heavy atom. The summed E-state index contributed by atoms with van der Waals surface area (Å²) in [6.07, 6.45) is -0.421. The van der Waals surface area contributed by atoms with Crippen LogP contribution in [0.4, 0.5) is 0 Å². The van der Waals surface area contributed by atoms with Crippen LogP contribution in [-0.2, 0) is 0 Å². The number of hydrogen-bond donors (Lipinski definition) is 1. The standard InChI is InChI=1S/C12H18O2/c1-8-5-9(2)11(4)12(6-8)14-7-10(3)13/h5-6,10,13H,7H2,1-4H3. The SMILES string of the molecule is Cc1cc(C)c(C)c(OCC(C)O)c1. The molecule has 1 aromatic carbocycles. The highest BCUT2D eigenvalue weighted by Crippen LogP contribution is 2.23. The molecule has 2 heteroatoms. The van der Waals surface area contributed by atoms with E-state index in [9.17, 15) is 0 Å². The third-order valence-corrected chi connectivity index (χ3v) is 2.24. The molecule has 1 rings (SSSR count). The van der Waals surface area contributed by atoms with Crippen LogP contribution >= 0.6 is 0 Å². The molecule has 0 fully saturated rings. The molecule has 14 heavy (non-hydrogen) atoms. The van der Waals surface area contributed by atoms with E-state index in [4.69, 9.17) is 9.84 Å². The monoisotopic (exact) mass is 194 g/mol. The maximum Gasteiger partial charge on any atom is 0.122 e. The molecule has 0 aliphatic rings. The predicted octanol–water partition coefficient (Wildman–Crippen LogP) is 2.37. The van der Waals surface area contributed by atoms with Crippen molar-refractivity contribution in [1.82, 2.24) is 0 Å². The molecule has 0 radical (unpaired) electrons. The summed E-state index contributed by atoms with van der Waals surface area (Å²) in [7, 11) is 0. The number of aryl methyl sites for hydroxylation is 2. The van der Waals surface area contributed by atoms with Gasteiger partial charge in [0.2, 0.25) is 0 Å². The first-order valence-electron chi connectivity index (χ1n) is 4.89. The minimum absolute atomic E-state index is 0.351. The van der Waals surface area contributed by atoms with Crippen LogP contribution in [0.2, 0.25) is 0 Å². The summed E-state index contributed by atoms with van der Waals surface area (Å²) in [5.74, 6) is 0.878. The number of hydrogen-bond acceptors (Lipinski definition) is 2. The van der Waals surface area contributed by atoms with Crippen LogP contribution in [0.15, 0.2) is 12.1 Å². The van der Waals surface area contributed by atoms with Crippen LogP contribution in [0.25, 0.3) is 0 Å². The zero-order chi connectivity index (χ0) is 10.7. The number of benzene rings is 1. The molecule has 0 aliphatic carbocycles. The molecule has 1 N–H and O–H groups in total. The van der Waals surface area contributed by atoms with E-state index >= 15 is 0 Å². The van der Waals surface area contributed by atoms with E-state index in [-0.39, 0.29) is 0 Å². The maximum atomic E-state index is 9.12. The smallest absolute Gasteiger partial charge is 0.122 e. The van der Waals surface area contributed by atoms with Crippen molar-refractivity contribution in [2.75, 3.05) is 6.61 Å². The molecule has 2 nitrogen and oxygen atoms in total. The van der Waals surface area contributed by atoms with Gasteiger partial charge in [0.1, 0.15) is 12.4 Å². The summed E-state index contributed by atoms with van der Waals surface area (Å²) in [6, 6.07) is 4.13. The Bertz CT molecular complexity index is 316. The van der Waals surface area contributed by atoms with E-state index in [0.717, 1.165) is 11.3 Å². The van der Waals surface area contributed by atoms with E-state index in [1.165, 1.54) is 11.1 Å². The Balaban J connectivity index is 2.85. The number of aliphatic hydroxyl groups is 1. The molecule has 1 atom stereocenters. The largest absolute Gasteiger partial charge is 0.491 e. The van der Waals surface area contributed by atoms with Crippen LogP contribution in [0.3, 0.4) is 0 Å². The van der Waals surface area contributed by atoms with Crippen LogP contribution in [0.5, 0.6) is 5.75 Å². The van der Waals surface area contributed by atoms with Gasteiger partial charge in [0, 0.05) is 0 Å². The van der Waals surface area contributed by atoms with E-state index in [1.807, 2.05) is 19.9 Å². The Kier molecular flexibility index (Phi) is 3.53. The second-order valence-corrected chi connectivity index (χ2v) is 3.86. The topological polar surface area (TPSA) is 29.5 Å². The van der Waals surface area contributed by atoms with Crippen molar-refractivity contribution in [3.63, 3.8) is 0 Å². The quantitative estimate of drug-likeness (QED) is 0.800. The van der Waals surface area contributed by atoms with Crippen LogP contribution in [0, 0.1) is 20.8 Å². The highest BCUT2D eigenvalue weighted by Gasteiger charge is 2.04. The van der Waals surface area contributed by atoms with Crippen molar-refractivity contribution in [2.24, 2.45) is 0 Å². The van der Waals surface area contributed by atoms with Crippen LogP contribution in [-0.4, -0.2) is 17.8 Å². The fourth-order valence-electron chi connectivity index (χ4n) is 1.36. The molecule has 0 spiro atoms. The molecular weight excluding hydrogens is 176 g/mol. The summed E-state index contributed by atoms with van der Waals surface area (Å²) >= 11 is 0. The lowest BCUT2D eigenvalue weighted by Gasteiger charge is -2.13. The molecule has 0 bridgehead atoms. The van der Waals surface area contributed by atoms with Gasteiger partial charge in [0.25, 0.3) is 0 Å². The highest BCUT2D eigenvalue weighted by atomic mass is 16.5. The van der Waals surface area contributed by atoms with E-state index in [2.05, 4.69) is 13.0 Å². The maximum absolute atomic E-state index is 9.12. The van der Waals surface area contributed by atoms with E-state index in [0.29, 0.717) is 6.61 Å². The van der Waals surface area contributed by atoms with Crippen LogP contribution in [0.1, 0.15) is 23.6 Å². The Labute approximate surface area is 85.5 Å². The third kappa shape index (κ3) is 2.74. The fraction of sp³-hybridized carbons (Fsp3) is 0.500. The van der Waals surface area contributed by atoms with Gasteiger partial charge in [-0.05, 0) is 50.5 Å². The van der Waals surface area contributed by atoms with Crippen molar-refractivity contribution < 1.29 is 9.84 Å². The van der Waals surface area contributed by atoms with Crippen molar-refractivity contribution in [2.45, 2.75) is 33.8 Å². The third-order valence-electron chi connectivity index (χ3n) is 2.24. The van der Waals surface area contributed by atoms with Gasteiger partial charge >= 0.3 is 0 Å². The summed E-state index contributed by atoms with van der Waals surface area (Å²) in [6.45, 7) is 8.22. The van der Waals surface area contributed by atoms with E-state index in [1.54, 1.807) is 6.92 Å². The summed E-state index contributed by atoms with van der Waals surface area (Å²) in [5, 5.41) is 9.12. The lowest BCUT2D eigenvalue weighted by Crippen LogP contribution is -2.13. The van der Waals surface area contributed by atoms with Crippen molar-refractivity contribution in [3.8, 4) is 5.75 Å². The number of aliphatic hydroxyl groups excluding tert-OH is 1. The molecule has 0 saturated heterocycles. The molecule has 0 saturated carbocycles. The molecule has 1 aromatic rings. The molecule has 0 aliphatic heterocycles. The van der Waals surface area contributed by atoms with Gasteiger partial charge in [-0.2, -0.15) is 0 Å². The number of ether oxygens (including phenoxy) is 1. The molecule has 0 amide bonds. The lowest BCUT2D eigenvalue weighted by molar-refractivity contribution is 0.122. The first-order chi connectivity index (χ1) is 6.50. The second kappa shape index (κ2) is 4.47. The molecule has 78 valence electrons. The van der Waals surface area contributed by atoms with E-state index < -0.39 is 6.10 Å². The van der Waals surface area contributed by atoms with Gasteiger partial charge in [-0.25, -0.2) is 0 Å². The Morgan fingerprint density at radius 2 is 1.93 bits per heavy atom. The van der Waals surface area contributed by atoms with Gasteiger partial charge in [-0.15, -0.1) is 0 Å². The minimum atomic E-state index is -0.421. The lowest BCUT2D eigenvalue weighted by atomic mass is 10.1. The van der Waals surface area contributed by atoms with Gasteiger partial charge in [-0.3, -0.25) is 0 Å². The fourth-order valence-corrected chi connectivity index (χ4v) is 1.36. The second-order valence-electron chi connectivity index (χ2n) is 3.86. The zero-order valence-corrected chi connectivity index (χ0v) is 9.29. The van der Waals surface area contributed by atoms with Crippen molar-refractivity contribution in [3.05, 3.63) is 28.8 Å². The molecule has 0 heterocycles. The Morgan fingerprint density at radius 3 is 2.50 bits per heavy atom. The zero-order valence-electron chi connectivity index (χ0n) is 9.29. The normalized spacial score (nSPS) is 12.6. The Hall–Kier alpha value is -1.02. The molecule has 1 unspecified atom stereocenters.